The van der Waals surface area contributed by atoms with E-state index in [9.17, 15) is 9.18 Å². The number of benzene rings is 1. The lowest BCUT2D eigenvalue weighted by molar-refractivity contribution is 0.111. The summed E-state index contributed by atoms with van der Waals surface area (Å²) in [5, 5.41) is 0. The minimum absolute atomic E-state index is 0.105. The van der Waals surface area contributed by atoms with Gasteiger partial charge in [-0.25, -0.2) is 9.37 Å². The van der Waals surface area contributed by atoms with E-state index in [0.29, 0.717) is 23.3 Å². The van der Waals surface area contributed by atoms with Gasteiger partial charge in [0.2, 0.25) is 0 Å². The van der Waals surface area contributed by atoms with Crippen LogP contribution in [0.5, 0.6) is 5.75 Å². The predicted octanol–water partition coefficient (Wildman–Crippen LogP) is 3.37. The summed E-state index contributed by atoms with van der Waals surface area (Å²) in [6, 6.07) is 7.81. The van der Waals surface area contributed by atoms with E-state index in [0.717, 1.165) is 4.47 Å². The van der Waals surface area contributed by atoms with Gasteiger partial charge in [0.1, 0.15) is 23.9 Å². The van der Waals surface area contributed by atoms with Crippen LogP contribution in [-0.2, 0) is 6.61 Å². The van der Waals surface area contributed by atoms with Gasteiger partial charge >= 0.3 is 0 Å². The Hall–Kier alpha value is -1.75. The number of aldehydes is 1. The highest BCUT2D eigenvalue weighted by molar-refractivity contribution is 9.10. The standard InChI is InChI=1S/C13H9BrFNO2/c14-10-1-4-13(15)9(5-10)8-18-12-3-2-11(7-17)16-6-12/h1-7H,8H2. The molecule has 0 N–H and O–H groups in total. The lowest BCUT2D eigenvalue weighted by atomic mass is 10.2. The van der Waals surface area contributed by atoms with Crippen LogP contribution in [0, 0.1) is 5.82 Å². The molecule has 3 nitrogen and oxygen atoms in total. The zero-order chi connectivity index (χ0) is 13.0. The number of aromatic nitrogens is 1. The Labute approximate surface area is 112 Å². The molecule has 92 valence electrons. The zero-order valence-corrected chi connectivity index (χ0v) is 10.9. The third-order valence-corrected chi connectivity index (χ3v) is 2.78. The van der Waals surface area contributed by atoms with Gasteiger partial charge in [-0.3, -0.25) is 4.79 Å². The molecule has 0 aliphatic carbocycles. The number of hydrogen-bond donors (Lipinski definition) is 0. The van der Waals surface area contributed by atoms with Crippen molar-refractivity contribution in [2.75, 3.05) is 0 Å². The molecule has 0 bridgehead atoms. The van der Waals surface area contributed by atoms with E-state index in [4.69, 9.17) is 4.74 Å². The number of rotatable bonds is 4. The minimum Gasteiger partial charge on any atom is -0.487 e. The van der Waals surface area contributed by atoms with Crippen molar-refractivity contribution in [1.82, 2.24) is 4.98 Å². The molecule has 0 aliphatic rings. The average molecular weight is 310 g/mol. The molecule has 2 rings (SSSR count). The second-order valence-electron chi connectivity index (χ2n) is 3.56. The van der Waals surface area contributed by atoms with E-state index in [-0.39, 0.29) is 12.4 Å². The van der Waals surface area contributed by atoms with E-state index in [1.54, 1.807) is 24.3 Å². The highest BCUT2D eigenvalue weighted by Crippen LogP contribution is 2.18. The Morgan fingerprint density at radius 2 is 2.17 bits per heavy atom. The van der Waals surface area contributed by atoms with E-state index in [2.05, 4.69) is 20.9 Å². The lowest BCUT2D eigenvalue weighted by Crippen LogP contribution is -1.99. The number of ether oxygens (including phenoxy) is 1. The molecular formula is C13H9BrFNO2. The van der Waals surface area contributed by atoms with Crippen molar-refractivity contribution in [2.45, 2.75) is 6.61 Å². The van der Waals surface area contributed by atoms with E-state index in [1.165, 1.54) is 12.3 Å². The summed E-state index contributed by atoms with van der Waals surface area (Å²) < 4.78 is 19.6. The Balaban J connectivity index is 2.06. The van der Waals surface area contributed by atoms with Gasteiger partial charge in [-0.1, -0.05) is 15.9 Å². The van der Waals surface area contributed by atoms with E-state index >= 15 is 0 Å². The summed E-state index contributed by atoms with van der Waals surface area (Å²) in [4.78, 5) is 14.3. The smallest absolute Gasteiger partial charge is 0.168 e. The first-order valence-electron chi connectivity index (χ1n) is 5.17. The Morgan fingerprint density at radius 1 is 1.33 bits per heavy atom. The second kappa shape index (κ2) is 5.73. The number of pyridine rings is 1. The summed E-state index contributed by atoms with van der Waals surface area (Å²) in [7, 11) is 0. The number of hydrogen-bond acceptors (Lipinski definition) is 3. The molecule has 0 atom stereocenters. The van der Waals surface area contributed by atoms with Crippen LogP contribution < -0.4 is 4.74 Å². The summed E-state index contributed by atoms with van der Waals surface area (Å²) in [6.07, 6.45) is 2.08. The third kappa shape index (κ3) is 3.13. The maximum absolute atomic E-state index is 13.4. The maximum Gasteiger partial charge on any atom is 0.168 e. The van der Waals surface area contributed by atoms with Crippen molar-refractivity contribution < 1.29 is 13.9 Å². The van der Waals surface area contributed by atoms with E-state index < -0.39 is 0 Å². The SMILES string of the molecule is O=Cc1ccc(OCc2cc(Br)ccc2F)cn1. The van der Waals surface area contributed by atoms with Crippen molar-refractivity contribution in [1.29, 1.82) is 0 Å². The van der Waals surface area contributed by atoms with Gasteiger partial charge in [-0.05, 0) is 30.3 Å². The molecule has 0 aliphatic heterocycles. The fourth-order valence-electron chi connectivity index (χ4n) is 1.36. The number of nitrogens with zero attached hydrogens (tertiary/aromatic N) is 1. The van der Waals surface area contributed by atoms with Crippen LogP contribution in [0.1, 0.15) is 16.1 Å². The van der Waals surface area contributed by atoms with Crippen LogP contribution in [0.15, 0.2) is 41.0 Å². The maximum atomic E-state index is 13.4. The quantitative estimate of drug-likeness (QED) is 0.813. The highest BCUT2D eigenvalue weighted by atomic mass is 79.9. The summed E-state index contributed by atoms with van der Waals surface area (Å²) >= 11 is 3.27. The van der Waals surface area contributed by atoms with Crippen LogP contribution in [0.4, 0.5) is 4.39 Å². The lowest BCUT2D eigenvalue weighted by Gasteiger charge is -2.07. The molecule has 0 fully saturated rings. The molecule has 5 heteroatoms. The van der Waals surface area contributed by atoms with Gasteiger partial charge in [0.25, 0.3) is 0 Å². The molecule has 1 aromatic heterocycles. The largest absolute Gasteiger partial charge is 0.487 e. The molecule has 0 saturated heterocycles. The first-order valence-corrected chi connectivity index (χ1v) is 5.96. The normalized spacial score (nSPS) is 10.1. The monoisotopic (exact) mass is 309 g/mol. The Bertz CT molecular complexity index is 557. The molecule has 1 aromatic carbocycles. The van der Waals surface area contributed by atoms with E-state index in [1.807, 2.05) is 0 Å². The molecule has 0 spiro atoms. The van der Waals surface area contributed by atoms with Gasteiger partial charge < -0.3 is 4.74 Å². The van der Waals surface area contributed by atoms with Gasteiger partial charge in [0.15, 0.2) is 6.29 Å². The first-order chi connectivity index (χ1) is 8.69. The fraction of sp³-hybridized carbons (Fsp3) is 0.0769. The summed E-state index contributed by atoms with van der Waals surface area (Å²) in [6.45, 7) is 0.105. The van der Waals surface area contributed by atoms with Crippen LogP contribution in [0.3, 0.4) is 0 Å². The average Bonchev–Trinajstić information content (AvgIpc) is 2.40. The Morgan fingerprint density at radius 3 is 2.83 bits per heavy atom. The van der Waals surface area contributed by atoms with Crippen molar-refractivity contribution >= 4 is 22.2 Å². The minimum atomic E-state index is -0.323. The van der Waals surface area contributed by atoms with Gasteiger partial charge in [0.05, 0.1) is 6.20 Å². The zero-order valence-electron chi connectivity index (χ0n) is 9.27. The van der Waals surface area contributed by atoms with Gasteiger partial charge in [-0.2, -0.15) is 0 Å². The van der Waals surface area contributed by atoms with Crippen molar-refractivity contribution in [3.05, 3.63) is 58.1 Å². The predicted molar refractivity (Wildman–Crippen MR) is 68.1 cm³/mol. The highest BCUT2D eigenvalue weighted by Gasteiger charge is 2.04. The first kappa shape index (κ1) is 12.7. The molecule has 0 amide bonds. The second-order valence-corrected chi connectivity index (χ2v) is 4.48. The van der Waals surface area contributed by atoms with Crippen molar-refractivity contribution in [3.8, 4) is 5.75 Å². The molecule has 18 heavy (non-hydrogen) atoms. The number of halogens is 2. The topological polar surface area (TPSA) is 39.2 Å². The van der Waals surface area contributed by atoms with Crippen molar-refractivity contribution in [2.24, 2.45) is 0 Å². The molecule has 2 aromatic rings. The van der Waals surface area contributed by atoms with Gasteiger partial charge in [-0.15, -0.1) is 0 Å². The van der Waals surface area contributed by atoms with Crippen molar-refractivity contribution in [3.63, 3.8) is 0 Å². The van der Waals surface area contributed by atoms with Crippen LogP contribution in [0.25, 0.3) is 0 Å². The fourth-order valence-corrected chi connectivity index (χ4v) is 1.77. The molecule has 0 unspecified atom stereocenters. The third-order valence-electron chi connectivity index (χ3n) is 2.28. The number of carbonyl (C=O) groups is 1. The number of carbonyl (C=O) groups excluding carboxylic acids is 1. The molecule has 0 radical (unpaired) electrons. The Kier molecular flexibility index (Phi) is 4.04. The van der Waals surface area contributed by atoms with Crippen LogP contribution in [-0.4, -0.2) is 11.3 Å². The molecule has 1 heterocycles. The van der Waals surface area contributed by atoms with Gasteiger partial charge in [0, 0.05) is 10.0 Å². The van der Waals surface area contributed by atoms with Crippen LogP contribution in [0.2, 0.25) is 0 Å². The van der Waals surface area contributed by atoms with Crippen LogP contribution >= 0.6 is 15.9 Å². The summed E-state index contributed by atoms with van der Waals surface area (Å²) in [5.74, 6) is 0.163. The summed E-state index contributed by atoms with van der Waals surface area (Å²) in [5.41, 5.74) is 0.778. The molecular weight excluding hydrogens is 301 g/mol. The molecule has 0 saturated carbocycles.